The zero-order valence-electron chi connectivity index (χ0n) is 18.6. The Bertz CT molecular complexity index is 774. The van der Waals surface area contributed by atoms with Crippen molar-refractivity contribution in [1.29, 1.82) is 0 Å². The number of hydrogen-bond acceptors (Lipinski definition) is 5. The first-order chi connectivity index (χ1) is 13.4. The lowest BCUT2D eigenvalue weighted by Gasteiger charge is -2.32. The van der Waals surface area contributed by atoms with Crippen LogP contribution < -0.4 is 10.2 Å². The molecule has 10 heteroatoms. The third-order valence-electron chi connectivity index (χ3n) is 4.87. The zero-order valence-corrected chi connectivity index (χ0v) is 18.6. The lowest BCUT2D eigenvalue weighted by molar-refractivity contribution is -0.274. The van der Waals surface area contributed by atoms with Crippen molar-refractivity contribution in [3.63, 3.8) is 0 Å². The van der Waals surface area contributed by atoms with E-state index in [4.69, 9.17) is 14.0 Å². The minimum atomic E-state index is -4.86. The summed E-state index contributed by atoms with van der Waals surface area (Å²) >= 11 is 0. The summed E-state index contributed by atoms with van der Waals surface area (Å²) in [4.78, 5) is 13.5. The van der Waals surface area contributed by atoms with Crippen molar-refractivity contribution >= 4 is 18.7 Å². The van der Waals surface area contributed by atoms with Gasteiger partial charge < -0.3 is 23.7 Å². The number of carbonyl (C=O) groups is 1. The Kier molecular flexibility index (Phi) is 6.46. The molecule has 1 aromatic rings. The van der Waals surface area contributed by atoms with Crippen molar-refractivity contribution in [2.75, 3.05) is 7.05 Å². The van der Waals surface area contributed by atoms with Crippen LogP contribution in [0.1, 0.15) is 54.0 Å². The quantitative estimate of drug-likeness (QED) is 0.668. The first-order valence-corrected chi connectivity index (χ1v) is 9.58. The minimum absolute atomic E-state index is 0.0104. The van der Waals surface area contributed by atoms with E-state index in [9.17, 15) is 18.0 Å². The maximum atomic E-state index is 12.8. The number of carbonyl (C=O) groups excluding carboxylic acids is 1. The predicted molar refractivity (Wildman–Crippen MR) is 107 cm³/mol. The molecule has 1 aliphatic rings. The maximum Gasteiger partial charge on any atom is 0.573 e. The van der Waals surface area contributed by atoms with Crippen LogP contribution in [0.2, 0.25) is 0 Å². The molecule has 30 heavy (non-hydrogen) atoms. The molecule has 168 valence electrons. The predicted octanol–water partition coefficient (Wildman–Crippen LogP) is 4.25. The van der Waals surface area contributed by atoms with Crippen molar-refractivity contribution in [2.24, 2.45) is 0 Å². The minimum Gasteiger partial charge on any atom is -0.444 e. The first-order valence-electron chi connectivity index (χ1n) is 9.58. The van der Waals surface area contributed by atoms with E-state index in [1.54, 1.807) is 26.8 Å². The summed E-state index contributed by atoms with van der Waals surface area (Å²) in [5.74, 6) is -0.415. The van der Waals surface area contributed by atoms with E-state index in [0.29, 0.717) is 11.0 Å². The van der Waals surface area contributed by atoms with Crippen molar-refractivity contribution in [2.45, 2.75) is 78.2 Å². The van der Waals surface area contributed by atoms with Gasteiger partial charge in [-0.15, -0.1) is 13.2 Å². The van der Waals surface area contributed by atoms with Crippen molar-refractivity contribution in [3.05, 3.63) is 23.8 Å². The van der Waals surface area contributed by atoms with Crippen LogP contribution in [0.5, 0.6) is 5.75 Å². The highest BCUT2D eigenvalue weighted by Crippen LogP contribution is 2.37. The molecular weight excluding hydrogens is 402 g/mol. The molecule has 1 aromatic carbocycles. The van der Waals surface area contributed by atoms with Crippen LogP contribution in [0.4, 0.5) is 18.0 Å². The van der Waals surface area contributed by atoms with E-state index in [1.807, 2.05) is 27.7 Å². The van der Waals surface area contributed by atoms with E-state index in [0.717, 1.165) is 0 Å². The Morgan fingerprint density at radius 3 is 2.07 bits per heavy atom. The van der Waals surface area contributed by atoms with Crippen LogP contribution in [0.15, 0.2) is 18.2 Å². The molecule has 1 saturated heterocycles. The third kappa shape index (κ3) is 6.28. The molecule has 0 bridgehead atoms. The van der Waals surface area contributed by atoms with Crippen LogP contribution in [0.25, 0.3) is 0 Å². The normalized spacial score (nSPS) is 18.3. The van der Waals surface area contributed by atoms with Gasteiger partial charge in [0.15, 0.2) is 0 Å². The molecule has 0 saturated carbocycles. The standard InChI is InChI=1S/C20H29BF3NO5/c1-17(2,3)28-16(26)25(8)12-13-9-14(11-15(10-13)27-20(22,23)24)21-29-18(4,5)19(6,7)30-21/h9-11H,12H2,1-8H3. The lowest BCUT2D eigenvalue weighted by Crippen LogP contribution is -2.41. The summed E-state index contributed by atoms with van der Waals surface area (Å²) in [5, 5.41) is 0. The first kappa shape index (κ1) is 24.3. The SMILES string of the molecule is CN(Cc1cc(OC(F)(F)F)cc(B2OC(C)(C)C(C)(C)O2)c1)C(=O)OC(C)(C)C. The summed E-state index contributed by atoms with van der Waals surface area (Å²) in [5.41, 5.74) is -1.24. The van der Waals surface area contributed by atoms with Gasteiger partial charge in [0.05, 0.1) is 11.2 Å². The van der Waals surface area contributed by atoms with Gasteiger partial charge in [-0.2, -0.15) is 0 Å². The van der Waals surface area contributed by atoms with E-state index in [2.05, 4.69) is 4.74 Å². The summed E-state index contributed by atoms with van der Waals surface area (Å²) in [7, 11) is 0.622. The van der Waals surface area contributed by atoms with Gasteiger partial charge in [-0.25, -0.2) is 4.79 Å². The van der Waals surface area contributed by atoms with Gasteiger partial charge in [-0.05, 0) is 71.6 Å². The second-order valence-electron chi connectivity index (χ2n) is 9.38. The molecule has 1 heterocycles. The largest absolute Gasteiger partial charge is 0.573 e. The molecule has 2 rings (SSSR count). The zero-order chi connectivity index (χ0) is 23.1. The molecule has 1 aliphatic heterocycles. The molecular formula is C20H29BF3NO5. The number of nitrogens with zero attached hydrogens (tertiary/aromatic N) is 1. The number of halogens is 3. The van der Waals surface area contributed by atoms with Crippen LogP contribution in [-0.4, -0.2) is 48.3 Å². The van der Waals surface area contributed by atoms with E-state index >= 15 is 0 Å². The Hall–Kier alpha value is -1.94. The number of rotatable bonds is 4. The van der Waals surface area contributed by atoms with Crippen LogP contribution in [0, 0.1) is 0 Å². The molecule has 1 amide bonds. The molecule has 0 radical (unpaired) electrons. The molecule has 1 fully saturated rings. The number of benzene rings is 1. The second kappa shape index (κ2) is 7.96. The van der Waals surface area contributed by atoms with Crippen LogP contribution in [-0.2, 0) is 20.6 Å². The molecule has 6 nitrogen and oxygen atoms in total. The Labute approximate surface area is 175 Å². The van der Waals surface area contributed by atoms with Crippen LogP contribution >= 0.6 is 0 Å². The molecule has 0 atom stereocenters. The highest BCUT2D eigenvalue weighted by atomic mass is 19.4. The fraction of sp³-hybridized carbons (Fsp3) is 0.650. The summed E-state index contributed by atoms with van der Waals surface area (Å²) in [6.07, 6.45) is -5.45. The molecule has 0 N–H and O–H groups in total. The maximum absolute atomic E-state index is 12.8. The topological polar surface area (TPSA) is 57.2 Å². The number of hydrogen-bond donors (Lipinski definition) is 0. The van der Waals surface area contributed by atoms with Gasteiger partial charge >= 0.3 is 19.6 Å². The summed E-state index contributed by atoms with van der Waals surface area (Å²) in [6, 6.07) is 4.09. The fourth-order valence-electron chi connectivity index (χ4n) is 2.76. The average Bonchev–Trinajstić information content (AvgIpc) is 2.71. The molecule has 0 spiro atoms. The molecule has 0 aromatic heterocycles. The van der Waals surface area contributed by atoms with E-state index < -0.39 is 42.1 Å². The number of amides is 1. The van der Waals surface area contributed by atoms with Gasteiger partial charge in [-0.3, -0.25) is 0 Å². The van der Waals surface area contributed by atoms with Gasteiger partial charge in [0, 0.05) is 13.6 Å². The monoisotopic (exact) mass is 431 g/mol. The third-order valence-corrected chi connectivity index (χ3v) is 4.87. The van der Waals surface area contributed by atoms with Gasteiger partial charge in [0.25, 0.3) is 0 Å². The van der Waals surface area contributed by atoms with Gasteiger partial charge in [0.1, 0.15) is 11.4 Å². The smallest absolute Gasteiger partial charge is 0.444 e. The molecule has 0 unspecified atom stereocenters. The number of ether oxygens (including phenoxy) is 2. The van der Waals surface area contributed by atoms with E-state index in [-0.39, 0.29) is 6.54 Å². The van der Waals surface area contributed by atoms with Gasteiger partial charge in [-0.1, -0.05) is 6.07 Å². The summed E-state index contributed by atoms with van der Waals surface area (Å²) < 4.78 is 59.8. The van der Waals surface area contributed by atoms with Crippen molar-refractivity contribution in [3.8, 4) is 5.75 Å². The average molecular weight is 431 g/mol. The highest BCUT2D eigenvalue weighted by Gasteiger charge is 2.52. The Balaban J connectivity index is 2.33. The highest BCUT2D eigenvalue weighted by molar-refractivity contribution is 6.62. The Morgan fingerprint density at radius 1 is 1.07 bits per heavy atom. The fourth-order valence-corrected chi connectivity index (χ4v) is 2.76. The second-order valence-corrected chi connectivity index (χ2v) is 9.38. The van der Waals surface area contributed by atoms with Crippen molar-refractivity contribution in [1.82, 2.24) is 4.90 Å². The van der Waals surface area contributed by atoms with Crippen LogP contribution in [0.3, 0.4) is 0 Å². The van der Waals surface area contributed by atoms with Crippen molar-refractivity contribution < 1.29 is 36.7 Å². The lowest BCUT2D eigenvalue weighted by atomic mass is 9.78. The number of alkyl halides is 3. The van der Waals surface area contributed by atoms with Gasteiger partial charge in [0.2, 0.25) is 0 Å². The summed E-state index contributed by atoms with van der Waals surface area (Å²) in [6.45, 7) is 12.6. The Morgan fingerprint density at radius 2 is 1.60 bits per heavy atom. The van der Waals surface area contributed by atoms with E-state index in [1.165, 1.54) is 24.1 Å². The molecule has 0 aliphatic carbocycles.